The van der Waals surface area contributed by atoms with Crippen LogP contribution in [-0.2, 0) is 11.3 Å². The van der Waals surface area contributed by atoms with E-state index in [1.54, 1.807) is 0 Å². The first-order valence-electron chi connectivity index (χ1n) is 6.68. The average Bonchev–Trinajstić information content (AvgIpc) is 2.70. The highest BCUT2D eigenvalue weighted by Gasteiger charge is 2.09. The van der Waals surface area contributed by atoms with E-state index in [4.69, 9.17) is 23.8 Å². The van der Waals surface area contributed by atoms with Gasteiger partial charge >= 0.3 is 0 Å². The number of H-pyrrole nitrogens is 1. The van der Waals surface area contributed by atoms with Gasteiger partial charge in [-0.2, -0.15) is 0 Å². The monoisotopic (exact) mass is 311 g/mol. The number of halogens is 1. The smallest absolute Gasteiger partial charge is 0.222 e. The van der Waals surface area contributed by atoms with Gasteiger partial charge in [0.1, 0.15) is 0 Å². The second-order valence-corrected chi connectivity index (χ2v) is 5.69. The standard InChI is InChI=1S/C14H18ClN3OS/c1-3-9(2)16-13(19)6-7-18-12-5-4-10(15)8-11(12)17-14(18)20/h4-5,8-9H,3,6-7H2,1-2H3,(H,16,19)(H,17,20). The summed E-state index contributed by atoms with van der Waals surface area (Å²) in [6.07, 6.45) is 1.34. The Bertz CT molecular complexity index is 677. The van der Waals surface area contributed by atoms with Gasteiger partial charge in [-0.15, -0.1) is 0 Å². The fraction of sp³-hybridized carbons (Fsp3) is 0.429. The molecule has 0 spiro atoms. The van der Waals surface area contributed by atoms with Crippen molar-refractivity contribution in [2.45, 2.75) is 39.3 Å². The summed E-state index contributed by atoms with van der Waals surface area (Å²) in [6.45, 7) is 4.60. The van der Waals surface area contributed by atoms with Crippen LogP contribution in [0.15, 0.2) is 18.2 Å². The number of nitrogens with zero attached hydrogens (tertiary/aromatic N) is 1. The number of aryl methyl sites for hydroxylation is 1. The summed E-state index contributed by atoms with van der Waals surface area (Å²) < 4.78 is 2.54. The summed E-state index contributed by atoms with van der Waals surface area (Å²) in [7, 11) is 0. The summed E-state index contributed by atoms with van der Waals surface area (Å²) in [4.78, 5) is 14.9. The van der Waals surface area contributed by atoms with E-state index < -0.39 is 0 Å². The maximum Gasteiger partial charge on any atom is 0.222 e. The third-order valence-electron chi connectivity index (χ3n) is 3.32. The molecule has 1 amide bonds. The van der Waals surface area contributed by atoms with Gasteiger partial charge in [-0.3, -0.25) is 4.79 Å². The zero-order chi connectivity index (χ0) is 14.7. The Labute approximate surface area is 128 Å². The number of carbonyl (C=O) groups is 1. The normalized spacial score (nSPS) is 12.6. The Kier molecular flexibility index (Phi) is 4.83. The Morgan fingerprint density at radius 1 is 1.55 bits per heavy atom. The molecule has 0 fully saturated rings. The molecule has 4 nitrogen and oxygen atoms in total. The first-order valence-corrected chi connectivity index (χ1v) is 7.47. The summed E-state index contributed by atoms with van der Waals surface area (Å²) >= 11 is 11.2. The molecule has 1 unspecified atom stereocenters. The molecule has 1 atom stereocenters. The second kappa shape index (κ2) is 6.41. The van der Waals surface area contributed by atoms with Crippen molar-refractivity contribution >= 4 is 40.8 Å². The van der Waals surface area contributed by atoms with E-state index >= 15 is 0 Å². The fourth-order valence-corrected chi connectivity index (χ4v) is 2.49. The van der Waals surface area contributed by atoms with Crippen LogP contribution in [0.25, 0.3) is 11.0 Å². The van der Waals surface area contributed by atoms with E-state index in [-0.39, 0.29) is 11.9 Å². The lowest BCUT2D eigenvalue weighted by Crippen LogP contribution is -2.32. The largest absolute Gasteiger partial charge is 0.354 e. The van der Waals surface area contributed by atoms with Crippen LogP contribution in [0.5, 0.6) is 0 Å². The van der Waals surface area contributed by atoms with E-state index in [1.807, 2.05) is 36.6 Å². The molecule has 6 heteroatoms. The second-order valence-electron chi connectivity index (χ2n) is 4.87. The minimum absolute atomic E-state index is 0.0459. The highest BCUT2D eigenvalue weighted by molar-refractivity contribution is 7.71. The van der Waals surface area contributed by atoms with Gasteiger partial charge in [0.15, 0.2) is 4.77 Å². The highest BCUT2D eigenvalue weighted by Crippen LogP contribution is 2.19. The van der Waals surface area contributed by atoms with Crippen molar-refractivity contribution in [2.24, 2.45) is 0 Å². The van der Waals surface area contributed by atoms with Crippen molar-refractivity contribution in [3.05, 3.63) is 28.0 Å². The van der Waals surface area contributed by atoms with Crippen LogP contribution in [0.2, 0.25) is 5.02 Å². The first kappa shape index (κ1) is 15.1. The topological polar surface area (TPSA) is 49.8 Å². The lowest BCUT2D eigenvalue weighted by Gasteiger charge is -2.11. The fourth-order valence-electron chi connectivity index (χ4n) is 2.02. The van der Waals surface area contributed by atoms with Gasteiger partial charge in [0, 0.05) is 24.0 Å². The van der Waals surface area contributed by atoms with E-state index in [0.29, 0.717) is 22.8 Å². The third-order valence-corrected chi connectivity index (χ3v) is 3.88. The zero-order valence-corrected chi connectivity index (χ0v) is 13.1. The molecule has 2 aromatic rings. The molecule has 1 heterocycles. The Morgan fingerprint density at radius 2 is 2.30 bits per heavy atom. The number of aromatic nitrogens is 2. The number of imidazole rings is 1. The van der Waals surface area contributed by atoms with Crippen LogP contribution in [0.1, 0.15) is 26.7 Å². The molecule has 2 rings (SSSR count). The van der Waals surface area contributed by atoms with Gasteiger partial charge in [-0.05, 0) is 43.8 Å². The summed E-state index contributed by atoms with van der Waals surface area (Å²) in [5, 5.41) is 3.61. The zero-order valence-electron chi connectivity index (χ0n) is 11.6. The van der Waals surface area contributed by atoms with Crippen LogP contribution < -0.4 is 5.32 Å². The summed E-state index contributed by atoms with van der Waals surface area (Å²) in [5.41, 5.74) is 1.86. The predicted molar refractivity (Wildman–Crippen MR) is 84.6 cm³/mol. The number of hydrogen-bond acceptors (Lipinski definition) is 2. The SMILES string of the molecule is CCC(C)NC(=O)CCn1c(=S)[nH]c2cc(Cl)ccc21. The first-order chi connectivity index (χ1) is 9.51. The van der Waals surface area contributed by atoms with Gasteiger partial charge < -0.3 is 14.9 Å². The molecule has 20 heavy (non-hydrogen) atoms. The molecule has 0 radical (unpaired) electrons. The number of hydrogen-bond donors (Lipinski definition) is 2. The lowest BCUT2D eigenvalue weighted by atomic mass is 10.2. The van der Waals surface area contributed by atoms with Crippen molar-refractivity contribution in [3.8, 4) is 0 Å². The predicted octanol–water partition coefficient (Wildman–Crippen LogP) is 3.66. The number of rotatable bonds is 5. The van der Waals surface area contributed by atoms with Crippen molar-refractivity contribution in [3.63, 3.8) is 0 Å². The molecule has 0 bridgehead atoms. The molecule has 0 saturated heterocycles. The van der Waals surface area contributed by atoms with Crippen LogP contribution in [0.3, 0.4) is 0 Å². The van der Waals surface area contributed by atoms with Gasteiger partial charge in [0.2, 0.25) is 5.91 Å². The number of fused-ring (bicyclic) bond motifs is 1. The van der Waals surface area contributed by atoms with Gasteiger partial charge in [0.05, 0.1) is 11.0 Å². The number of nitrogens with one attached hydrogen (secondary N) is 2. The Hall–Kier alpha value is -1.33. The molecule has 1 aromatic carbocycles. The molecule has 108 valence electrons. The molecular weight excluding hydrogens is 294 g/mol. The van der Waals surface area contributed by atoms with E-state index in [1.165, 1.54) is 0 Å². The van der Waals surface area contributed by atoms with Crippen molar-refractivity contribution in [2.75, 3.05) is 0 Å². The number of aromatic amines is 1. The molecule has 0 aliphatic rings. The van der Waals surface area contributed by atoms with Crippen molar-refractivity contribution in [1.29, 1.82) is 0 Å². The van der Waals surface area contributed by atoms with Crippen LogP contribution in [-0.4, -0.2) is 21.5 Å². The molecule has 1 aromatic heterocycles. The van der Waals surface area contributed by atoms with Gasteiger partial charge in [-0.25, -0.2) is 0 Å². The van der Waals surface area contributed by atoms with E-state index in [9.17, 15) is 4.79 Å². The van der Waals surface area contributed by atoms with Crippen LogP contribution >= 0.6 is 23.8 Å². The van der Waals surface area contributed by atoms with Gasteiger partial charge in [-0.1, -0.05) is 18.5 Å². The van der Waals surface area contributed by atoms with Crippen LogP contribution in [0.4, 0.5) is 0 Å². The summed E-state index contributed by atoms with van der Waals surface area (Å²) in [6, 6.07) is 5.78. The summed E-state index contributed by atoms with van der Waals surface area (Å²) in [5.74, 6) is 0.0459. The molecular formula is C14H18ClN3OS. The minimum atomic E-state index is 0.0459. The van der Waals surface area contributed by atoms with Gasteiger partial charge in [0.25, 0.3) is 0 Å². The third kappa shape index (κ3) is 3.41. The maximum atomic E-state index is 11.8. The van der Waals surface area contributed by atoms with Crippen LogP contribution in [0, 0.1) is 4.77 Å². The lowest BCUT2D eigenvalue weighted by molar-refractivity contribution is -0.121. The minimum Gasteiger partial charge on any atom is -0.354 e. The van der Waals surface area contributed by atoms with Crippen molar-refractivity contribution < 1.29 is 4.79 Å². The van der Waals surface area contributed by atoms with E-state index in [2.05, 4.69) is 10.3 Å². The number of amides is 1. The Balaban J connectivity index is 2.12. The number of benzene rings is 1. The molecule has 0 aliphatic heterocycles. The van der Waals surface area contributed by atoms with E-state index in [0.717, 1.165) is 17.5 Å². The molecule has 0 saturated carbocycles. The highest BCUT2D eigenvalue weighted by atomic mass is 35.5. The Morgan fingerprint density at radius 3 is 3.00 bits per heavy atom. The molecule has 0 aliphatic carbocycles. The average molecular weight is 312 g/mol. The maximum absolute atomic E-state index is 11.8. The quantitative estimate of drug-likeness (QED) is 0.828. The number of carbonyl (C=O) groups excluding carboxylic acids is 1. The van der Waals surface area contributed by atoms with Crippen molar-refractivity contribution in [1.82, 2.24) is 14.9 Å². The molecule has 2 N–H and O–H groups in total.